The molecule has 20 heavy (non-hydrogen) atoms. The first kappa shape index (κ1) is 15.1. The van der Waals surface area contributed by atoms with Crippen LogP contribution in [0.2, 0.25) is 0 Å². The lowest BCUT2D eigenvalue weighted by Crippen LogP contribution is -2.50. The zero-order valence-corrected chi connectivity index (χ0v) is 10.6. The lowest BCUT2D eigenvalue weighted by atomic mass is 9.75. The van der Waals surface area contributed by atoms with Crippen LogP contribution >= 0.6 is 0 Å². The van der Waals surface area contributed by atoms with Crippen LogP contribution in [0.3, 0.4) is 0 Å². The fourth-order valence-electron chi connectivity index (χ4n) is 2.57. The minimum absolute atomic E-state index is 0.147. The monoisotopic (exact) mass is 293 g/mol. The van der Waals surface area contributed by atoms with E-state index < -0.39 is 29.6 Å². The van der Waals surface area contributed by atoms with Crippen molar-refractivity contribution >= 4 is 0 Å². The highest BCUT2D eigenvalue weighted by molar-refractivity contribution is 5.37. The number of benzene rings is 1. The summed E-state index contributed by atoms with van der Waals surface area (Å²) in [6.45, 7) is 0. The number of aliphatic hydroxyl groups excluding tert-OH is 1. The minimum atomic E-state index is -4.98. The van der Waals surface area contributed by atoms with E-state index in [0.29, 0.717) is 19.3 Å². The molecule has 0 amide bonds. The summed E-state index contributed by atoms with van der Waals surface area (Å²) >= 11 is 0. The van der Waals surface area contributed by atoms with Crippen LogP contribution in [0.4, 0.5) is 17.6 Å². The van der Waals surface area contributed by atoms with Gasteiger partial charge in [-0.05, 0) is 18.9 Å². The summed E-state index contributed by atoms with van der Waals surface area (Å²) in [5.74, 6) is -2.11. The van der Waals surface area contributed by atoms with Crippen molar-refractivity contribution in [3.05, 3.63) is 29.6 Å². The van der Waals surface area contributed by atoms with E-state index in [4.69, 9.17) is 5.73 Å². The normalized spacial score (nSPS) is 27.4. The van der Waals surface area contributed by atoms with Gasteiger partial charge in [0, 0.05) is 5.56 Å². The van der Waals surface area contributed by atoms with E-state index in [1.54, 1.807) is 0 Å². The number of hydrogen-bond donors (Lipinski definition) is 2. The molecule has 0 radical (unpaired) electrons. The maximum Gasteiger partial charge on any atom is 0.573 e. The van der Waals surface area contributed by atoms with Crippen LogP contribution < -0.4 is 10.5 Å². The lowest BCUT2D eigenvalue weighted by molar-refractivity contribution is -0.275. The largest absolute Gasteiger partial charge is 0.573 e. The molecule has 0 bridgehead atoms. The van der Waals surface area contributed by atoms with E-state index in [9.17, 15) is 22.7 Å². The highest BCUT2D eigenvalue weighted by atomic mass is 19.4. The molecule has 2 rings (SSSR count). The highest BCUT2D eigenvalue weighted by Crippen LogP contribution is 2.39. The first-order valence-electron chi connectivity index (χ1n) is 6.26. The van der Waals surface area contributed by atoms with Gasteiger partial charge < -0.3 is 15.6 Å². The van der Waals surface area contributed by atoms with Gasteiger partial charge in [0.25, 0.3) is 0 Å². The second-order valence-electron chi connectivity index (χ2n) is 4.97. The zero-order chi connectivity index (χ0) is 15.0. The number of rotatable bonds is 2. The molecule has 0 heterocycles. The summed E-state index contributed by atoms with van der Waals surface area (Å²) in [6.07, 6.45) is -3.85. The number of nitrogens with two attached hydrogens (primary N) is 1. The van der Waals surface area contributed by atoms with Crippen molar-refractivity contribution < 1.29 is 27.4 Å². The predicted octanol–water partition coefficient (Wildman–Crippen LogP) is 2.81. The molecular formula is C13H15F4NO2. The Morgan fingerprint density at radius 1 is 1.30 bits per heavy atom. The number of aliphatic hydroxyl groups is 1. The van der Waals surface area contributed by atoms with Gasteiger partial charge in [0.1, 0.15) is 0 Å². The van der Waals surface area contributed by atoms with E-state index in [2.05, 4.69) is 4.74 Å². The van der Waals surface area contributed by atoms with E-state index in [1.807, 2.05) is 0 Å². The third kappa shape index (κ3) is 2.88. The molecule has 1 aliphatic carbocycles. The predicted molar refractivity (Wildman–Crippen MR) is 63.4 cm³/mol. The van der Waals surface area contributed by atoms with Gasteiger partial charge in [0.15, 0.2) is 11.6 Å². The number of hydrogen-bond acceptors (Lipinski definition) is 3. The second kappa shape index (κ2) is 5.21. The van der Waals surface area contributed by atoms with Crippen molar-refractivity contribution in [3.63, 3.8) is 0 Å². The molecule has 1 saturated carbocycles. The fourth-order valence-corrected chi connectivity index (χ4v) is 2.57. The molecule has 1 aromatic carbocycles. The number of alkyl halides is 3. The van der Waals surface area contributed by atoms with Gasteiger partial charge in [-0.2, -0.15) is 0 Å². The highest BCUT2D eigenvalue weighted by Gasteiger charge is 2.41. The molecule has 0 aromatic heterocycles. The van der Waals surface area contributed by atoms with E-state index in [-0.39, 0.29) is 5.56 Å². The van der Waals surface area contributed by atoms with E-state index in [0.717, 1.165) is 12.5 Å². The third-order valence-corrected chi connectivity index (χ3v) is 3.60. The Kier molecular flexibility index (Phi) is 3.93. The Morgan fingerprint density at radius 3 is 2.60 bits per heavy atom. The van der Waals surface area contributed by atoms with Gasteiger partial charge in [-0.25, -0.2) is 4.39 Å². The maximum atomic E-state index is 14.2. The summed E-state index contributed by atoms with van der Waals surface area (Å²) in [5, 5.41) is 9.97. The van der Waals surface area contributed by atoms with Gasteiger partial charge in [0.2, 0.25) is 0 Å². The van der Waals surface area contributed by atoms with Crippen LogP contribution in [-0.4, -0.2) is 17.6 Å². The molecule has 1 aliphatic rings. The van der Waals surface area contributed by atoms with E-state index in [1.165, 1.54) is 12.1 Å². The summed E-state index contributed by atoms with van der Waals surface area (Å²) in [5.41, 5.74) is 4.50. The summed E-state index contributed by atoms with van der Waals surface area (Å²) in [4.78, 5) is 0. The first-order valence-corrected chi connectivity index (χ1v) is 6.26. The molecule has 3 nitrogen and oxygen atoms in total. The third-order valence-electron chi connectivity index (χ3n) is 3.60. The van der Waals surface area contributed by atoms with Gasteiger partial charge in [-0.3, -0.25) is 0 Å². The Morgan fingerprint density at radius 2 is 2.00 bits per heavy atom. The van der Waals surface area contributed by atoms with Gasteiger partial charge in [-0.1, -0.05) is 25.0 Å². The van der Waals surface area contributed by atoms with Gasteiger partial charge >= 0.3 is 6.36 Å². The Bertz CT molecular complexity index is 492. The Labute approximate surface area is 113 Å². The minimum Gasteiger partial charge on any atom is -0.403 e. The molecule has 3 N–H and O–H groups in total. The van der Waals surface area contributed by atoms with Crippen molar-refractivity contribution in [3.8, 4) is 5.75 Å². The first-order chi connectivity index (χ1) is 9.24. The molecule has 1 fully saturated rings. The molecule has 1 aromatic rings. The van der Waals surface area contributed by atoms with E-state index >= 15 is 0 Å². The molecule has 7 heteroatoms. The smallest absolute Gasteiger partial charge is 0.403 e. The molecule has 0 spiro atoms. The SMILES string of the molecule is NC1(c2cccc(OC(F)(F)F)c2F)CCCCC1O. The second-order valence-corrected chi connectivity index (χ2v) is 4.97. The average Bonchev–Trinajstić information content (AvgIpc) is 2.34. The van der Waals surface area contributed by atoms with Crippen LogP contribution in [0.1, 0.15) is 31.2 Å². The maximum absolute atomic E-state index is 14.2. The lowest BCUT2D eigenvalue weighted by Gasteiger charge is -2.38. The van der Waals surface area contributed by atoms with Crippen LogP contribution in [0.5, 0.6) is 5.75 Å². The van der Waals surface area contributed by atoms with Crippen LogP contribution in [0.15, 0.2) is 18.2 Å². The summed E-state index contributed by atoms with van der Waals surface area (Å²) in [6, 6.07) is 3.40. The standard InChI is InChI=1S/C13H15F4NO2/c14-11-8(12(18)7-2-1-6-10(12)19)4-3-5-9(11)20-13(15,16)17/h3-5,10,19H,1-2,6-7,18H2. The van der Waals surface area contributed by atoms with Crippen molar-refractivity contribution in [2.75, 3.05) is 0 Å². The van der Waals surface area contributed by atoms with Crippen LogP contribution in [0, 0.1) is 5.82 Å². The van der Waals surface area contributed by atoms with Crippen molar-refractivity contribution in [1.82, 2.24) is 0 Å². The molecule has 2 unspecified atom stereocenters. The summed E-state index contributed by atoms with van der Waals surface area (Å²) in [7, 11) is 0. The topological polar surface area (TPSA) is 55.5 Å². The summed E-state index contributed by atoms with van der Waals surface area (Å²) < 4.78 is 54.4. The molecule has 0 aliphatic heterocycles. The molecule has 112 valence electrons. The van der Waals surface area contributed by atoms with Crippen molar-refractivity contribution in [2.24, 2.45) is 5.73 Å². The number of ether oxygens (including phenoxy) is 1. The zero-order valence-electron chi connectivity index (χ0n) is 10.6. The number of halogens is 4. The van der Waals surface area contributed by atoms with Crippen molar-refractivity contribution in [1.29, 1.82) is 0 Å². The molecule has 0 saturated heterocycles. The fraction of sp³-hybridized carbons (Fsp3) is 0.538. The Balaban J connectivity index is 2.40. The average molecular weight is 293 g/mol. The quantitative estimate of drug-likeness (QED) is 0.824. The van der Waals surface area contributed by atoms with Gasteiger partial charge in [0.05, 0.1) is 11.6 Å². The molecule has 2 atom stereocenters. The molecular weight excluding hydrogens is 278 g/mol. The van der Waals surface area contributed by atoms with Crippen LogP contribution in [-0.2, 0) is 5.54 Å². The Hall–Kier alpha value is -1.34. The van der Waals surface area contributed by atoms with Gasteiger partial charge in [-0.15, -0.1) is 13.2 Å². The van der Waals surface area contributed by atoms with Crippen LogP contribution in [0.25, 0.3) is 0 Å². The van der Waals surface area contributed by atoms with Crippen molar-refractivity contribution in [2.45, 2.75) is 43.7 Å².